The van der Waals surface area contributed by atoms with Gasteiger partial charge in [-0.1, -0.05) is 0 Å². The van der Waals surface area contributed by atoms with Crippen molar-refractivity contribution in [1.82, 2.24) is 4.90 Å². The first-order valence-corrected chi connectivity index (χ1v) is 9.88. The number of sulfone groups is 1. The maximum atomic E-state index is 12.8. The quantitative estimate of drug-likeness (QED) is 0.772. The summed E-state index contributed by atoms with van der Waals surface area (Å²) in [7, 11) is -3.05. The van der Waals surface area contributed by atoms with Gasteiger partial charge in [-0.3, -0.25) is 4.79 Å². The lowest BCUT2D eigenvalue weighted by Gasteiger charge is -2.29. The zero-order chi connectivity index (χ0) is 16.0. The third kappa shape index (κ3) is 3.54. The van der Waals surface area contributed by atoms with Crippen molar-refractivity contribution in [3.05, 3.63) is 24.2 Å². The van der Waals surface area contributed by atoms with E-state index in [0.717, 1.165) is 31.4 Å². The first-order valence-electron chi connectivity index (χ1n) is 7.82. The number of carbonyl (C=O) groups excluding carboxylic acids is 1. The zero-order valence-corrected chi connectivity index (χ0v) is 13.9. The van der Waals surface area contributed by atoms with Crippen molar-refractivity contribution in [2.75, 3.05) is 12.0 Å². The second-order valence-corrected chi connectivity index (χ2v) is 9.11. The Balaban J connectivity index is 1.71. The standard InChI is InChI=1S/C16H23NO4S/c1-12(14-4-3-9-21-14)17(13-5-6-13)15(18)10-16(7-8-16)11-22(2,19)20/h3-4,9,12-13H,5-8,10-11H2,1-2H3/t12-/m1/s1. The molecule has 0 aromatic carbocycles. The summed E-state index contributed by atoms with van der Waals surface area (Å²) in [4.78, 5) is 14.7. The van der Waals surface area contributed by atoms with Gasteiger partial charge >= 0.3 is 0 Å². The SMILES string of the molecule is C[C@H](c1ccco1)N(C(=O)CC1(CS(C)(=O)=O)CC1)C1CC1. The van der Waals surface area contributed by atoms with Crippen molar-refractivity contribution in [2.24, 2.45) is 5.41 Å². The second-order valence-electron chi connectivity index (χ2n) is 6.97. The molecule has 1 atom stereocenters. The van der Waals surface area contributed by atoms with Gasteiger partial charge < -0.3 is 9.32 Å². The monoisotopic (exact) mass is 325 g/mol. The molecule has 5 nitrogen and oxygen atoms in total. The highest BCUT2D eigenvalue weighted by atomic mass is 32.2. The van der Waals surface area contributed by atoms with Gasteiger partial charge in [-0.25, -0.2) is 8.42 Å². The third-order valence-corrected chi connectivity index (χ3v) is 5.79. The molecular weight excluding hydrogens is 302 g/mol. The van der Waals surface area contributed by atoms with Gasteiger partial charge in [0, 0.05) is 18.7 Å². The molecule has 6 heteroatoms. The van der Waals surface area contributed by atoms with Crippen LogP contribution in [0.1, 0.15) is 50.8 Å². The lowest BCUT2D eigenvalue weighted by atomic mass is 10.0. The van der Waals surface area contributed by atoms with Crippen LogP contribution in [-0.4, -0.2) is 37.3 Å². The van der Waals surface area contributed by atoms with E-state index in [2.05, 4.69) is 0 Å². The summed E-state index contributed by atoms with van der Waals surface area (Å²) in [6.07, 6.45) is 6.92. The summed E-state index contributed by atoms with van der Waals surface area (Å²) in [5, 5.41) is 0. The van der Waals surface area contributed by atoms with E-state index in [-0.39, 0.29) is 29.2 Å². The highest BCUT2D eigenvalue weighted by molar-refractivity contribution is 7.90. The Hall–Kier alpha value is -1.30. The lowest BCUT2D eigenvalue weighted by Crippen LogP contribution is -2.37. The van der Waals surface area contributed by atoms with E-state index in [1.807, 2.05) is 24.0 Å². The molecule has 1 heterocycles. The van der Waals surface area contributed by atoms with Gasteiger partial charge in [0.05, 0.1) is 18.1 Å². The number of carbonyl (C=O) groups is 1. The average Bonchev–Trinajstić information content (AvgIpc) is 3.30. The van der Waals surface area contributed by atoms with Gasteiger partial charge in [0.2, 0.25) is 5.91 Å². The molecule has 0 unspecified atom stereocenters. The Kier molecular flexibility index (Phi) is 3.83. The van der Waals surface area contributed by atoms with Gasteiger partial charge in [-0.15, -0.1) is 0 Å². The summed E-state index contributed by atoms with van der Waals surface area (Å²) in [6, 6.07) is 3.90. The predicted octanol–water partition coefficient (Wildman–Crippen LogP) is 2.55. The molecule has 1 aromatic heterocycles. The van der Waals surface area contributed by atoms with E-state index in [1.165, 1.54) is 6.26 Å². The largest absolute Gasteiger partial charge is 0.467 e. The minimum absolute atomic E-state index is 0.0625. The summed E-state index contributed by atoms with van der Waals surface area (Å²) < 4.78 is 28.6. The van der Waals surface area contributed by atoms with Crippen molar-refractivity contribution in [2.45, 2.75) is 51.1 Å². The minimum Gasteiger partial charge on any atom is -0.467 e. The number of furan rings is 1. The van der Waals surface area contributed by atoms with Crippen molar-refractivity contribution in [3.8, 4) is 0 Å². The highest BCUT2D eigenvalue weighted by Gasteiger charge is 2.49. The molecule has 0 saturated heterocycles. The molecule has 2 aliphatic carbocycles. The van der Waals surface area contributed by atoms with Crippen LogP contribution in [-0.2, 0) is 14.6 Å². The maximum absolute atomic E-state index is 12.8. The van der Waals surface area contributed by atoms with Crippen LogP contribution in [0.3, 0.4) is 0 Å². The van der Waals surface area contributed by atoms with Crippen molar-refractivity contribution < 1.29 is 17.6 Å². The first-order chi connectivity index (χ1) is 10.3. The van der Waals surface area contributed by atoms with E-state index in [9.17, 15) is 13.2 Å². The molecule has 2 aliphatic rings. The molecule has 1 aromatic rings. The van der Waals surface area contributed by atoms with E-state index in [4.69, 9.17) is 4.42 Å². The number of rotatable bonds is 7. The van der Waals surface area contributed by atoms with Crippen LogP contribution >= 0.6 is 0 Å². The normalized spacial score (nSPS) is 21.4. The predicted molar refractivity (Wildman–Crippen MR) is 83.0 cm³/mol. The van der Waals surface area contributed by atoms with Crippen LogP contribution in [0, 0.1) is 5.41 Å². The van der Waals surface area contributed by atoms with Crippen LogP contribution in [0.15, 0.2) is 22.8 Å². The average molecular weight is 325 g/mol. The number of amides is 1. The topological polar surface area (TPSA) is 67.6 Å². The number of nitrogens with zero attached hydrogens (tertiary/aromatic N) is 1. The molecule has 122 valence electrons. The van der Waals surface area contributed by atoms with Crippen LogP contribution in [0.4, 0.5) is 0 Å². The number of hydrogen-bond donors (Lipinski definition) is 0. The molecule has 2 saturated carbocycles. The van der Waals surface area contributed by atoms with Gasteiger partial charge in [-0.2, -0.15) is 0 Å². The van der Waals surface area contributed by atoms with Crippen LogP contribution in [0.2, 0.25) is 0 Å². The molecule has 0 spiro atoms. The zero-order valence-electron chi connectivity index (χ0n) is 13.1. The van der Waals surface area contributed by atoms with Gasteiger partial charge in [0.15, 0.2) is 0 Å². The summed E-state index contributed by atoms with van der Waals surface area (Å²) >= 11 is 0. The smallest absolute Gasteiger partial charge is 0.224 e. The Morgan fingerprint density at radius 1 is 1.45 bits per heavy atom. The first kappa shape index (κ1) is 15.6. The minimum atomic E-state index is -3.05. The molecule has 2 fully saturated rings. The summed E-state index contributed by atoms with van der Waals surface area (Å²) in [5.41, 5.74) is -0.319. The second kappa shape index (κ2) is 5.41. The van der Waals surface area contributed by atoms with Crippen LogP contribution in [0.5, 0.6) is 0 Å². The third-order valence-electron chi connectivity index (χ3n) is 4.65. The van der Waals surface area contributed by atoms with E-state index < -0.39 is 9.84 Å². The van der Waals surface area contributed by atoms with Crippen molar-refractivity contribution in [1.29, 1.82) is 0 Å². The maximum Gasteiger partial charge on any atom is 0.224 e. The molecule has 0 radical (unpaired) electrons. The fourth-order valence-electron chi connectivity index (χ4n) is 3.27. The molecule has 22 heavy (non-hydrogen) atoms. The van der Waals surface area contributed by atoms with E-state index in [1.54, 1.807) is 6.26 Å². The van der Waals surface area contributed by atoms with Gasteiger partial charge in [0.1, 0.15) is 15.6 Å². The Labute approximate surface area is 131 Å². The lowest BCUT2D eigenvalue weighted by molar-refractivity contribution is -0.135. The Morgan fingerprint density at radius 2 is 2.14 bits per heavy atom. The van der Waals surface area contributed by atoms with Gasteiger partial charge in [0.25, 0.3) is 0 Å². The molecule has 3 rings (SSSR count). The summed E-state index contributed by atoms with van der Waals surface area (Å²) in [6.45, 7) is 1.98. The van der Waals surface area contributed by atoms with Crippen molar-refractivity contribution in [3.63, 3.8) is 0 Å². The molecular formula is C16H23NO4S. The Bertz CT molecular complexity index is 642. The fourth-order valence-corrected chi connectivity index (χ4v) is 4.77. The van der Waals surface area contributed by atoms with E-state index in [0.29, 0.717) is 6.42 Å². The molecule has 0 aliphatic heterocycles. The van der Waals surface area contributed by atoms with Crippen molar-refractivity contribution >= 4 is 15.7 Å². The summed E-state index contributed by atoms with van der Waals surface area (Å²) in [5.74, 6) is 0.972. The van der Waals surface area contributed by atoms with Crippen LogP contribution < -0.4 is 0 Å². The number of hydrogen-bond acceptors (Lipinski definition) is 4. The molecule has 0 bridgehead atoms. The van der Waals surface area contributed by atoms with Crippen LogP contribution in [0.25, 0.3) is 0 Å². The highest BCUT2D eigenvalue weighted by Crippen LogP contribution is 2.51. The molecule has 0 N–H and O–H groups in total. The van der Waals surface area contributed by atoms with Gasteiger partial charge in [-0.05, 0) is 50.2 Å². The van der Waals surface area contributed by atoms with E-state index >= 15 is 0 Å². The Morgan fingerprint density at radius 3 is 2.59 bits per heavy atom. The molecule has 1 amide bonds. The fraction of sp³-hybridized carbons (Fsp3) is 0.688.